The van der Waals surface area contributed by atoms with E-state index in [0.29, 0.717) is 6.61 Å². The summed E-state index contributed by atoms with van der Waals surface area (Å²) in [5.41, 5.74) is 6.76. The average Bonchev–Trinajstić information content (AvgIpc) is 2.68. The highest BCUT2D eigenvalue weighted by Gasteiger charge is 2.12. The largest absolute Gasteiger partial charge is 0.385 e. The van der Waals surface area contributed by atoms with Gasteiger partial charge in [-0.25, -0.2) is 9.37 Å². The van der Waals surface area contributed by atoms with Gasteiger partial charge in [0.05, 0.1) is 16.3 Å². The topological polar surface area (TPSA) is 48.1 Å². The maximum absolute atomic E-state index is 13.0. The van der Waals surface area contributed by atoms with Gasteiger partial charge in [-0.1, -0.05) is 0 Å². The van der Waals surface area contributed by atoms with Crippen LogP contribution >= 0.6 is 11.3 Å². The van der Waals surface area contributed by atoms with Crippen LogP contribution in [0.15, 0.2) is 18.2 Å². The molecule has 0 aliphatic rings. The van der Waals surface area contributed by atoms with E-state index in [4.69, 9.17) is 10.5 Å². The van der Waals surface area contributed by atoms with Gasteiger partial charge < -0.3 is 10.5 Å². The Hall–Kier alpha value is -1.04. The lowest BCUT2D eigenvalue weighted by Gasteiger charge is -2.06. The van der Waals surface area contributed by atoms with Gasteiger partial charge in [-0.05, 0) is 24.6 Å². The van der Waals surface area contributed by atoms with Crippen molar-refractivity contribution in [1.82, 2.24) is 4.98 Å². The van der Waals surface area contributed by atoms with Crippen molar-refractivity contribution < 1.29 is 9.13 Å². The molecular formula is C11H13FN2OS. The summed E-state index contributed by atoms with van der Waals surface area (Å²) in [5, 5.41) is 0.831. The van der Waals surface area contributed by atoms with Gasteiger partial charge in [-0.15, -0.1) is 11.3 Å². The van der Waals surface area contributed by atoms with Crippen LogP contribution in [0.25, 0.3) is 10.2 Å². The van der Waals surface area contributed by atoms with Crippen molar-refractivity contribution in [3.63, 3.8) is 0 Å². The van der Waals surface area contributed by atoms with Gasteiger partial charge in [-0.2, -0.15) is 0 Å². The molecule has 1 atom stereocenters. The molecule has 0 saturated carbocycles. The first-order valence-corrected chi connectivity index (χ1v) is 5.83. The predicted octanol–water partition coefficient (Wildman–Crippen LogP) is 2.47. The number of nitrogens with two attached hydrogens (primary N) is 1. The van der Waals surface area contributed by atoms with E-state index >= 15 is 0 Å². The molecule has 0 aliphatic heterocycles. The molecule has 0 amide bonds. The van der Waals surface area contributed by atoms with E-state index in [9.17, 15) is 4.39 Å². The van der Waals surface area contributed by atoms with Crippen molar-refractivity contribution in [3.8, 4) is 0 Å². The zero-order valence-corrected chi connectivity index (χ0v) is 9.76. The molecule has 0 aliphatic carbocycles. The second-order valence-electron chi connectivity index (χ2n) is 3.55. The Labute approximate surface area is 97.1 Å². The SMILES string of the molecule is COCCC(N)c1nc2ccc(F)cc2s1. The van der Waals surface area contributed by atoms with Crippen LogP contribution in [0.3, 0.4) is 0 Å². The average molecular weight is 240 g/mol. The number of ether oxygens (including phenoxy) is 1. The molecule has 0 bridgehead atoms. The molecule has 2 N–H and O–H groups in total. The van der Waals surface area contributed by atoms with Crippen LogP contribution in [0.4, 0.5) is 4.39 Å². The number of halogens is 1. The fraction of sp³-hybridized carbons (Fsp3) is 0.364. The molecule has 0 spiro atoms. The number of fused-ring (bicyclic) bond motifs is 1. The molecule has 0 fully saturated rings. The smallest absolute Gasteiger partial charge is 0.124 e. The van der Waals surface area contributed by atoms with Crippen LogP contribution < -0.4 is 5.73 Å². The van der Waals surface area contributed by atoms with E-state index in [0.717, 1.165) is 21.6 Å². The minimum Gasteiger partial charge on any atom is -0.385 e. The van der Waals surface area contributed by atoms with Crippen molar-refractivity contribution in [2.45, 2.75) is 12.5 Å². The van der Waals surface area contributed by atoms with E-state index in [-0.39, 0.29) is 11.9 Å². The molecule has 16 heavy (non-hydrogen) atoms. The number of nitrogens with zero attached hydrogens (tertiary/aromatic N) is 1. The number of rotatable bonds is 4. The highest BCUT2D eigenvalue weighted by molar-refractivity contribution is 7.18. The Morgan fingerprint density at radius 1 is 1.56 bits per heavy atom. The van der Waals surface area contributed by atoms with Gasteiger partial charge in [-0.3, -0.25) is 0 Å². The van der Waals surface area contributed by atoms with Crippen LogP contribution in [-0.4, -0.2) is 18.7 Å². The molecule has 1 heterocycles. The Morgan fingerprint density at radius 3 is 3.12 bits per heavy atom. The van der Waals surface area contributed by atoms with Crippen LogP contribution in [0.2, 0.25) is 0 Å². The van der Waals surface area contributed by atoms with Gasteiger partial charge >= 0.3 is 0 Å². The lowest BCUT2D eigenvalue weighted by Crippen LogP contribution is -2.12. The zero-order chi connectivity index (χ0) is 11.5. The van der Waals surface area contributed by atoms with Crippen LogP contribution in [0, 0.1) is 5.82 Å². The van der Waals surface area contributed by atoms with Crippen molar-refractivity contribution >= 4 is 21.6 Å². The number of thiazole rings is 1. The lowest BCUT2D eigenvalue weighted by molar-refractivity contribution is 0.188. The quantitative estimate of drug-likeness (QED) is 0.893. The molecular weight excluding hydrogens is 227 g/mol. The first-order valence-electron chi connectivity index (χ1n) is 5.01. The summed E-state index contributed by atoms with van der Waals surface area (Å²) < 4.78 is 18.8. The lowest BCUT2D eigenvalue weighted by atomic mass is 10.2. The molecule has 1 aromatic carbocycles. The molecule has 2 rings (SSSR count). The molecule has 86 valence electrons. The highest BCUT2D eigenvalue weighted by Crippen LogP contribution is 2.27. The van der Waals surface area contributed by atoms with Crippen LogP contribution in [0.1, 0.15) is 17.5 Å². The fourth-order valence-corrected chi connectivity index (χ4v) is 2.47. The third-order valence-corrected chi connectivity index (χ3v) is 3.47. The molecule has 0 saturated heterocycles. The number of hydrogen-bond acceptors (Lipinski definition) is 4. The van der Waals surface area contributed by atoms with Crippen molar-refractivity contribution in [2.75, 3.05) is 13.7 Å². The second-order valence-corrected chi connectivity index (χ2v) is 4.61. The summed E-state index contributed by atoms with van der Waals surface area (Å²) in [5.74, 6) is -0.242. The van der Waals surface area contributed by atoms with Gasteiger partial charge in [0.15, 0.2) is 0 Å². The third kappa shape index (κ3) is 2.37. The van der Waals surface area contributed by atoms with Crippen molar-refractivity contribution in [3.05, 3.63) is 29.0 Å². The van der Waals surface area contributed by atoms with E-state index in [1.165, 1.54) is 23.5 Å². The summed E-state index contributed by atoms with van der Waals surface area (Å²) in [6, 6.07) is 4.43. The first-order chi connectivity index (χ1) is 7.70. The zero-order valence-electron chi connectivity index (χ0n) is 8.94. The summed E-state index contributed by atoms with van der Waals surface area (Å²) in [6.07, 6.45) is 0.721. The van der Waals surface area contributed by atoms with E-state index in [1.807, 2.05) is 0 Å². The van der Waals surface area contributed by atoms with Crippen LogP contribution in [0.5, 0.6) is 0 Å². The maximum atomic E-state index is 13.0. The first kappa shape index (κ1) is 11.4. The Morgan fingerprint density at radius 2 is 2.38 bits per heavy atom. The minimum atomic E-state index is -0.242. The van der Waals surface area contributed by atoms with Gasteiger partial charge in [0.2, 0.25) is 0 Å². The van der Waals surface area contributed by atoms with Gasteiger partial charge in [0.1, 0.15) is 10.8 Å². The normalized spacial score (nSPS) is 13.2. The van der Waals surface area contributed by atoms with Gasteiger partial charge in [0, 0.05) is 13.7 Å². The standard InChI is InChI=1S/C11H13FN2OS/c1-15-5-4-8(13)11-14-9-3-2-7(12)6-10(9)16-11/h2-3,6,8H,4-5,13H2,1H3. The Kier molecular flexibility index (Phi) is 3.48. The third-order valence-electron chi connectivity index (χ3n) is 2.32. The monoisotopic (exact) mass is 240 g/mol. The molecule has 1 unspecified atom stereocenters. The Balaban J connectivity index is 2.25. The van der Waals surface area contributed by atoms with E-state index < -0.39 is 0 Å². The minimum absolute atomic E-state index is 0.139. The second kappa shape index (κ2) is 4.86. The summed E-state index contributed by atoms with van der Waals surface area (Å²) in [6.45, 7) is 0.603. The molecule has 3 nitrogen and oxygen atoms in total. The summed E-state index contributed by atoms with van der Waals surface area (Å²) in [4.78, 5) is 4.38. The summed E-state index contributed by atoms with van der Waals surface area (Å²) >= 11 is 1.44. The van der Waals surface area contributed by atoms with Gasteiger partial charge in [0.25, 0.3) is 0 Å². The highest BCUT2D eigenvalue weighted by atomic mass is 32.1. The predicted molar refractivity (Wildman–Crippen MR) is 63.0 cm³/mol. The van der Waals surface area contributed by atoms with Crippen molar-refractivity contribution in [1.29, 1.82) is 0 Å². The Bertz CT molecular complexity index is 486. The van der Waals surface area contributed by atoms with Crippen LogP contribution in [-0.2, 0) is 4.74 Å². The molecule has 0 radical (unpaired) electrons. The van der Waals surface area contributed by atoms with Crippen molar-refractivity contribution in [2.24, 2.45) is 5.73 Å². The number of benzene rings is 1. The number of hydrogen-bond donors (Lipinski definition) is 1. The molecule has 1 aromatic heterocycles. The maximum Gasteiger partial charge on any atom is 0.124 e. The molecule has 2 aromatic rings. The molecule has 5 heteroatoms. The van der Waals surface area contributed by atoms with E-state index in [2.05, 4.69) is 4.98 Å². The number of methoxy groups -OCH3 is 1. The summed E-state index contributed by atoms with van der Waals surface area (Å²) in [7, 11) is 1.64. The fourth-order valence-electron chi connectivity index (χ4n) is 1.44. The number of aromatic nitrogens is 1. The van der Waals surface area contributed by atoms with E-state index in [1.54, 1.807) is 13.2 Å².